The van der Waals surface area contributed by atoms with E-state index in [0.29, 0.717) is 23.1 Å². The number of anilines is 2. The highest BCUT2D eigenvalue weighted by Gasteiger charge is 2.11. The molecule has 3 rings (SSSR count). The monoisotopic (exact) mass is 271 g/mol. The highest BCUT2D eigenvalue weighted by atomic mass is 16.5. The molecule has 1 aromatic carbocycles. The molecule has 0 aliphatic rings. The molecule has 7 nitrogen and oxygen atoms in total. The number of methoxy groups -OCH3 is 2. The Kier molecular flexibility index (Phi) is 3.08. The Labute approximate surface area is 115 Å². The molecule has 2 N–H and O–H groups in total. The Hall–Kier alpha value is -2.83. The van der Waals surface area contributed by atoms with E-state index in [4.69, 9.17) is 9.47 Å². The second-order valence-corrected chi connectivity index (χ2v) is 4.00. The maximum atomic E-state index is 5.35. The average Bonchev–Trinajstić information content (AvgIpc) is 2.94. The minimum Gasteiger partial charge on any atom is -0.493 e. The topological polar surface area (TPSA) is 85.0 Å². The Bertz CT molecular complexity index is 740. The third kappa shape index (κ3) is 2.09. The van der Waals surface area contributed by atoms with Gasteiger partial charge in [-0.2, -0.15) is 4.98 Å². The standard InChI is InChI=1S/C13H13N5O2/c1-19-10-5-3-4-8(11(10)20-2)17-13-14-6-9-12(18-13)16-7-15-9/h3-7H,1-2H3,(H2,14,15,16,17,18). The number of aromatic amines is 1. The molecule has 0 amide bonds. The fourth-order valence-corrected chi connectivity index (χ4v) is 1.90. The summed E-state index contributed by atoms with van der Waals surface area (Å²) >= 11 is 0. The molecule has 0 atom stereocenters. The van der Waals surface area contributed by atoms with Gasteiger partial charge >= 0.3 is 0 Å². The normalized spacial score (nSPS) is 10.5. The summed E-state index contributed by atoms with van der Waals surface area (Å²) in [5, 5.41) is 3.10. The molecule has 0 unspecified atom stereocenters. The molecule has 0 saturated carbocycles. The van der Waals surface area contributed by atoms with Crippen LogP contribution in [-0.2, 0) is 0 Å². The van der Waals surface area contributed by atoms with Crippen molar-refractivity contribution in [2.75, 3.05) is 19.5 Å². The number of aromatic nitrogens is 4. The first-order valence-electron chi connectivity index (χ1n) is 5.96. The van der Waals surface area contributed by atoms with Crippen LogP contribution < -0.4 is 14.8 Å². The minimum absolute atomic E-state index is 0.441. The summed E-state index contributed by atoms with van der Waals surface area (Å²) in [5.74, 6) is 1.68. The van der Waals surface area contributed by atoms with Crippen LogP contribution in [0.3, 0.4) is 0 Å². The van der Waals surface area contributed by atoms with Gasteiger partial charge < -0.3 is 19.8 Å². The molecule has 0 saturated heterocycles. The second kappa shape index (κ2) is 5.04. The molecule has 0 spiro atoms. The number of hydrogen-bond donors (Lipinski definition) is 2. The zero-order chi connectivity index (χ0) is 13.9. The average molecular weight is 271 g/mol. The lowest BCUT2D eigenvalue weighted by molar-refractivity contribution is 0.356. The Morgan fingerprint density at radius 2 is 2.05 bits per heavy atom. The van der Waals surface area contributed by atoms with E-state index in [1.165, 1.54) is 0 Å². The van der Waals surface area contributed by atoms with Gasteiger partial charge in [-0.1, -0.05) is 6.07 Å². The van der Waals surface area contributed by atoms with Crippen molar-refractivity contribution in [2.24, 2.45) is 0 Å². The zero-order valence-electron chi connectivity index (χ0n) is 11.0. The molecular formula is C13H13N5O2. The van der Waals surface area contributed by atoms with Crippen LogP contribution in [0.1, 0.15) is 0 Å². The summed E-state index contributed by atoms with van der Waals surface area (Å²) in [5.41, 5.74) is 2.11. The van der Waals surface area contributed by atoms with Crippen LogP contribution in [0.5, 0.6) is 11.5 Å². The van der Waals surface area contributed by atoms with E-state index >= 15 is 0 Å². The fraction of sp³-hybridized carbons (Fsp3) is 0.154. The predicted molar refractivity (Wildman–Crippen MR) is 74.5 cm³/mol. The maximum Gasteiger partial charge on any atom is 0.229 e. The number of imidazole rings is 1. The molecule has 102 valence electrons. The van der Waals surface area contributed by atoms with Crippen molar-refractivity contribution in [3.8, 4) is 11.5 Å². The molecule has 0 radical (unpaired) electrons. The SMILES string of the molecule is COc1cccc(Nc2ncc3[nH]cnc3n2)c1OC. The number of hydrogen-bond acceptors (Lipinski definition) is 6. The first kappa shape index (κ1) is 12.2. The van der Waals surface area contributed by atoms with Crippen molar-refractivity contribution in [1.82, 2.24) is 19.9 Å². The number of nitrogens with one attached hydrogen (secondary N) is 2. The number of nitrogens with zero attached hydrogens (tertiary/aromatic N) is 3. The number of para-hydroxylation sites is 1. The number of rotatable bonds is 4. The van der Waals surface area contributed by atoms with Crippen LogP contribution >= 0.6 is 0 Å². The summed E-state index contributed by atoms with van der Waals surface area (Å²) in [6.45, 7) is 0. The largest absolute Gasteiger partial charge is 0.493 e. The zero-order valence-corrected chi connectivity index (χ0v) is 11.0. The predicted octanol–water partition coefficient (Wildman–Crippen LogP) is 2.11. The molecule has 20 heavy (non-hydrogen) atoms. The van der Waals surface area contributed by atoms with E-state index in [2.05, 4.69) is 25.3 Å². The van der Waals surface area contributed by atoms with Gasteiger partial charge in [-0.05, 0) is 12.1 Å². The van der Waals surface area contributed by atoms with Crippen LogP contribution in [0.15, 0.2) is 30.7 Å². The van der Waals surface area contributed by atoms with Crippen molar-refractivity contribution < 1.29 is 9.47 Å². The highest BCUT2D eigenvalue weighted by Crippen LogP contribution is 2.35. The maximum absolute atomic E-state index is 5.35. The van der Waals surface area contributed by atoms with E-state index in [0.717, 1.165) is 11.2 Å². The molecule has 2 aromatic heterocycles. The number of fused-ring (bicyclic) bond motifs is 1. The van der Waals surface area contributed by atoms with Crippen LogP contribution in [-0.4, -0.2) is 34.2 Å². The molecule has 7 heteroatoms. The lowest BCUT2D eigenvalue weighted by atomic mass is 10.2. The lowest BCUT2D eigenvalue weighted by Gasteiger charge is -2.12. The third-order valence-corrected chi connectivity index (χ3v) is 2.82. The summed E-state index contributed by atoms with van der Waals surface area (Å²) in [6.07, 6.45) is 3.25. The van der Waals surface area contributed by atoms with E-state index in [1.54, 1.807) is 26.7 Å². The van der Waals surface area contributed by atoms with E-state index < -0.39 is 0 Å². The molecule has 0 aliphatic carbocycles. The first-order chi connectivity index (χ1) is 9.81. The van der Waals surface area contributed by atoms with Crippen molar-refractivity contribution >= 4 is 22.8 Å². The summed E-state index contributed by atoms with van der Waals surface area (Å²) < 4.78 is 10.6. The van der Waals surface area contributed by atoms with E-state index in [9.17, 15) is 0 Å². The summed E-state index contributed by atoms with van der Waals surface area (Å²) in [4.78, 5) is 15.6. The van der Waals surface area contributed by atoms with Crippen molar-refractivity contribution in [3.63, 3.8) is 0 Å². The van der Waals surface area contributed by atoms with Gasteiger partial charge in [0.1, 0.15) is 5.52 Å². The summed E-state index contributed by atoms with van der Waals surface area (Å²) in [6, 6.07) is 5.54. The minimum atomic E-state index is 0.441. The van der Waals surface area contributed by atoms with Crippen LogP contribution in [0.2, 0.25) is 0 Å². The van der Waals surface area contributed by atoms with Crippen LogP contribution in [0.25, 0.3) is 11.2 Å². The highest BCUT2D eigenvalue weighted by molar-refractivity contribution is 5.72. The van der Waals surface area contributed by atoms with Crippen LogP contribution in [0, 0.1) is 0 Å². The molecule has 2 heterocycles. The van der Waals surface area contributed by atoms with Gasteiger partial charge in [0.2, 0.25) is 5.95 Å². The summed E-state index contributed by atoms with van der Waals surface area (Å²) in [7, 11) is 3.18. The number of benzene rings is 1. The van der Waals surface area contributed by atoms with Gasteiger partial charge in [-0.15, -0.1) is 0 Å². The van der Waals surface area contributed by atoms with Crippen molar-refractivity contribution in [1.29, 1.82) is 0 Å². The van der Waals surface area contributed by atoms with E-state index in [-0.39, 0.29) is 0 Å². The Morgan fingerprint density at radius 1 is 1.15 bits per heavy atom. The molecule has 0 fully saturated rings. The quantitative estimate of drug-likeness (QED) is 0.756. The Balaban J connectivity index is 1.97. The van der Waals surface area contributed by atoms with Gasteiger partial charge in [-0.25, -0.2) is 9.97 Å². The van der Waals surface area contributed by atoms with Crippen molar-refractivity contribution in [2.45, 2.75) is 0 Å². The van der Waals surface area contributed by atoms with E-state index in [1.807, 2.05) is 18.2 Å². The van der Waals surface area contributed by atoms with Crippen LogP contribution in [0.4, 0.5) is 11.6 Å². The first-order valence-corrected chi connectivity index (χ1v) is 5.96. The second-order valence-electron chi connectivity index (χ2n) is 4.00. The van der Waals surface area contributed by atoms with Gasteiger partial charge in [-0.3, -0.25) is 0 Å². The number of ether oxygens (including phenoxy) is 2. The van der Waals surface area contributed by atoms with Gasteiger partial charge in [0.15, 0.2) is 17.1 Å². The smallest absolute Gasteiger partial charge is 0.229 e. The van der Waals surface area contributed by atoms with Gasteiger partial charge in [0, 0.05) is 0 Å². The Morgan fingerprint density at radius 3 is 2.85 bits per heavy atom. The number of H-pyrrole nitrogens is 1. The van der Waals surface area contributed by atoms with Gasteiger partial charge in [0.05, 0.1) is 32.4 Å². The molecule has 3 aromatic rings. The third-order valence-electron chi connectivity index (χ3n) is 2.82. The van der Waals surface area contributed by atoms with Gasteiger partial charge in [0.25, 0.3) is 0 Å². The molecule has 0 bridgehead atoms. The molecular weight excluding hydrogens is 258 g/mol. The fourth-order valence-electron chi connectivity index (χ4n) is 1.90. The lowest BCUT2D eigenvalue weighted by Crippen LogP contribution is -2.00. The van der Waals surface area contributed by atoms with Crippen molar-refractivity contribution in [3.05, 3.63) is 30.7 Å². The molecule has 0 aliphatic heterocycles.